The molecular weight excluding hydrogens is 240 g/mol. The summed E-state index contributed by atoms with van der Waals surface area (Å²) in [6, 6.07) is 2.50. The predicted octanol–water partition coefficient (Wildman–Crippen LogP) is 1.96. The Morgan fingerprint density at radius 2 is 2.05 bits per heavy atom. The van der Waals surface area contributed by atoms with Crippen LogP contribution in [0.5, 0.6) is 0 Å². The number of hydrogen-bond acceptors (Lipinski definition) is 5. The first kappa shape index (κ1) is 14.1. The van der Waals surface area contributed by atoms with Gasteiger partial charge in [-0.1, -0.05) is 19.3 Å². The van der Waals surface area contributed by atoms with Crippen molar-refractivity contribution in [3.63, 3.8) is 0 Å². The van der Waals surface area contributed by atoms with E-state index in [1.807, 2.05) is 20.0 Å². The molecule has 0 unspecified atom stereocenters. The minimum absolute atomic E-state index is 0.161. The van der Waals surface area contributed by atoms with Crippen molar-refractivity contribution in [2.75, 3.05) is 30.4 Å². The maximum absolute atomic E-state index is 9.32. The zero-order valence-electron chi connectivity index (χ0n) is 11.9. The molecule has 0 bridgehead atoms. The summed E-state index contributed by atoms with van der Waals surface area (Å²) in [6.45, 7) is 2.78. The molecule has 1 aliphatic rings. The van der Waals surface area contributed by atoms with Crippen LogP contribution in [0.3, 0.4) is 0 Å². The third-order valence-corrected chi connectivity index (χ3v) is 3.71. The van der Waals surface area contributed by atoms with E-state index in [0.717, 1.165) is 11.5 Å². The highest BCUT2D eigenvalue weighted by Crippen LogP contribution is 2.26. The minimum atomic E-state index is 0.161. The highest BCUT2D eigenvalue weighted by atomic mass is 16.3. The first-order chi connectivity index (χ1) is 9.24. The lowest BCUT2D eigenvalue weighted by molar-refractivity contribution is 0.289. The molecule has 0 aliphatic heterocycles. The predicted molar refractivity (Wildman–Crippen MR) is 77.6 cm³/mol. The van der Waals surface area contributed by atoms with Crippen LogP contribution in [0.2, 0.25) is 0 Å². The molecule has 0 amide bonds. The number of nitrogens with zero attached hydrogens (tertiary/aromatic N) is 3. The van der Waals surface area contributed by atoms with Gasteiger partial charge in [-0.15, -0.1) is 0 Å². The van der Waals surface area contributed by atoms with Gasteiger partial charge in [0.2, 0.25) is 5.95 Å². The van der Waals surface area contributed by atoms with Crippen LogP contribution < -0.4 is 10.2 Å². The number of rotatable bonds is 5. The highest BCUT2D eigenvalue weighted by molar-refractivity contribution is 5.45. The van der Waals surface area contributed by atoms with Gasteiger partial charge in [0.05, 0.1) is 6.61 Å². The molecule has 5 heteroatoms. The van der Waals surface area contributed by atoms with Crippen molar-refractivity contribution in [2.24, 2.45) is 0 Å². The van der Waals surface area contributed by atoms with E-state index in [1.165, 1.54) is 32.1 Å². The molecule has 106 valence electrons. The van der Waals surface area contributed by atoms with E-state index in [1.54, 1.807) is 0 Å². The fraction of sp³-hybridized carbons (Fsp3) is 0.714. The van der Waals surface area contributed by atoms with Crippen molar-refractivity contribution in [2.45, 2.75) is 45.1 Å². The monoisotopic (exact) mass is 264 g/mol. The molecule has 0 atom stereocenters. The van der Waals surface area contributed by atoms with Crippen molar-refractivity contribution in [1.82, 2.24) is 9.97 Å². The minimum Gasteiger partial charge on any atom is -0.395 e. The van der Waals surface area contributed by atoms with E-state index in [4.69, 9.17) is 0 Å². The van der Waals surface area contributed by atoms with Crippen LogP contribution in [0.4, 0.5) is 11.8 Å². The third kappa shape index (κ3) is 3.56. The summed E-state index contributed by atoms with van der Waals surface area (Å²) in [5.41, 5.74) is 0.952. The molecule has 5 nitrogen and oxygen atoms in total. The molecule has 0 saturated heterocycles. The van der Waals surface area contributed by atoms with Gasteiger partial charge in [0.25, 0.3) is 0 Å². The highest BCUT2D eigenvalue weighted by Gasteiger charge is 2.22. The standard InChI is InChI=1S/C14H24N4O/c1-11-10-13(17-14(15-2)16-11)18(8-9-19)12-6-4-3-5-7-12/h10,12,19H,3-9H2,1-2H3,(H,15,16,17). The van der Waals surface area contributed by atoms with E-state index in [9.17, 15) is 5.11 Å². The molecule has 19 heavy (non-hydrogen) atoms. The molecule has 1 aromatic rings. The van der Waals surface area contributed by atoms with Gasteiger partial charge in [-0.05, 0) is 19.8 Å². The van der Waals surface area contributed by atoms with Crippen LogP contribution >= 0.6 is 0 Å². The molecule has 2 N–H and O–H groups in total. The van der Waals surface area contributed by atoms with Crippen molar-refractivity contribution >= 4 is 11.8 Å². The Morgan fingerprint density at radius 3 is 2.68 bits per heavy atom. The Kier molecular flexibility index (Phi) is 4.96. The van der Waals surface area contributed by atoms with Crippen molar-refractivity contribution in [1.29, 1.82) is 0 Å². The van der Waals surface area contributed by atoms with Crippen LogP contribution in [0, 0.1) is 6.92 Å². The van der Waals surface area contributed by atoms with E-state index < -0.39 is 0 Å². The first-order valence-corrected chi connectivity index (χ1v) is 7.15. The third-order valence-electron chi connectivity index (χ3n) is 3.71. The zero-order chi connectivity index (χ0) is 13.7. The summed E-state index contributed by atoms with van der Waals surface area (Å²) < 4.78 is 0. The number of aliphatic hydroxyl groups excluding tert-OH is 1. The van der Waals surface area contributed by atoms with Crippen molar-refractivity contribution in [3.05, 3.63) is 11.8 Å². The van der Waals surface area contributed by atoms with Gasteiger partial charge in [0.15, 0.2) is 0 Å². The number of aliphatic hydroxyl groups is 1. The molecule has 1 heterocycles. The van der Waals surface area contributed by atoms with Gasteiger partial charge >= 0.3 is 0 Å². The fourth-order valence-electron chi connectivity index (χ4n) is 2.80. The second-order valence-electron chi connectivity index (χ2n) is 5.15. The Morgan fingerprint density at radius 1 is 1.32 bits per heavy atom. The lowest BCUT2D eigenvalue weighted by Gasteiger charge is -2.35. The fourth-order valence-corrected chi connectivity index (χ4v) is 2.80. The molecule has 1 fully saturated rings. The molecule has 1 aliphatic carbocycles. The smallest absolute Gasteiger partial charge is 0.224 e. The Balaban J connectivity index is 2.24. The normalized spacial score (nSPS) is 16.4. The van der Waals surface area contributed by atoms with Crippen LogP contribution in [0.25, 0.3) is 0 Å². The second kappa shape index (κ2) is 6.70. The summed E-state index contributed by atoms with van der Waals surface area (Å²) in [7, 11) is 1.83. The quantitative estimate of drug-likeness (QED) is 0.851. The molecule has 1 saturated carbocycles. The Bertz CT molecular complexity index is 404. The number of anilines is 2. The number of aryl methyl sites for hydroxylation is 1. The number of hydrogen-bond donors (Lipinski definition) is 2. The van der Waals surface area contributed by atoms with Crippen LogP contribution in [-0.2, 0) is 0 Å². The molecule has 0 aromatic carbocycles. The van der Waals surface area contributed by atoms with E-state index in [0.29, 0.717) is 18.5 Å². The zero-order valence-corrected chi connectivity index (χ0v) is 11.9. The molecule has 1 aromatic heterocycles. The Hall–Kier alpha value is -1.36. The second-order valence-corrected chi connectivity index (χ2v) is 5.15. The SMILES string of the molecule is CNc1nc(C)cc(N(CCO)C2CCCCC2)n1. The molecule has 0 radical (unpaired) electrons. The van der Waals surface area contributed by atoms with Crippen molar-refractivity contribution < 1.29 is 5.11 Å². The number of aromatic nitrogens is 2. The maximum atomic E-state index is 9.32. The van der Waals surface area contributed by atoms with Crippen LogP contribution in [0.15, 0.2) is 6.07 Å². The summed E-state index contributed by atoms with van der Waals surface area (Å²) in [6.07, 6.45) is 6.26. The molecule has 2 rings (SSSR count). The topological polar surface area (TPSA) is 61.3 Å². The summed E-state index contributed by atoms with van der Waals surface area (Å²) in [5, 5.41) is 12.3. The first-order valence-electron chi connectivity index (χ1n) is 7.15. The average molecular weight is 264 g/mol. The van der Waals surface area contributed by atoms with Gasteiger partial charge in [-0.3, -0.25) is 0 Å². The van der Waals surface area contributed by atoms with Gasteiger partial charge in [-0.25, -0.2) is 4.98 Å². The summed E-state index contributed by atoms with van der Waals surface area (Å²) in [4.78, 5) is 11.1. The summed E-state index contributed by atoms with van der Waals surface area (Å²) >= 11 is 0. The molecular formula is C14H24N4O. The Labute approximate surface area is 115 Å². The lowest BCUT2D eigenvalue weighted by Crippen LogP contribution is -2.39. The van der Waals surface area contributed by atoms with Gasteiger partial charge in [-0.2, -0.15) is 4.98 Å². The average Bonchev–Trinajstić information content (AvgIpc) is 2.45. The van der Waals surface area contributed by atoms with Gasteiger partial charge in [0, 0.05) is 31.4 Å². The van der Waals surface area contributed by atoms with E-state index in [-0.39, 0.29) is 6.61 Å². The van der Waals surface area contributed by atoms with Gasteiger partial charge in [0.1, 0.15) is 5.82 Å². The lowest BCUT2D eigenvalue weighted by atomic mass is 9.94. The maximum Gasteiger partial charge on any atom is 0.224 e. The van der Waals surface area contributed by atoms with E-state index in [2.05, 4.69) is 20.2 Å². The van der Waals surface area contributed by atoms with Crippen molar-refractivity contribution in [3.8, 4) is 0 Å². The van der Waals surface area contributed by atoms with Crippen LogP contribution in [0.1, 0.15) is 37.8 Å². The van der Waals surface area contributed by atoms with Gasteiger partial charge < -0.3 is 15.3 Å². The summed E-state index contributed by atoms with van der Waals surface area (Å²) in [5.74, 6) is 1.58. The van der Waals surface area contributed by atoms with Crippen LogP contribution in [-0.4, -0.2) is 41.3 Å². The number of nitrogens with one attached hydrogen (secondary N) is 1. The molecule has 0 spiro atoms. The largest absolute Gasteiger partial charge is 0.395 e. The van der Waals surface area contributed by atoms with E-state index >= 15 is 0 Å².